The van der Waals surface area contributed by atoms with Gasteiger partial charge in [-0.3, -0.25) is 49.4 Å². The smallest absolute Gasteiger partial charge is 0.280 e. The van der Waals surface area contributed by atoms with Gasteiger partial charge in [-0.2, -0.15) is 15.0 Å². The molecular formula is C42H60N18O6S2. The quantitative estimate of drug-likeness (QED) is 0.0563. The Morgan fingerprint density at radius 1 is 0.779 bits per heavy atom. The molecule has 366 valence electrons. The number of Topliss-reactive ketones (excluding diaryl/α,β-unsaturated/α-hetero) is 4. The molecule has 0 aliphatic carbocycles. The number of nitrogen functional groups attached to an aromatic ring is 2. The molecule has 24 nitrogen and oxygen atoms in total. The number of fused-ring (bicyclic) bond motifs is 2. The fourth-order valence-corrected chi connectivity index (χ4v) is 9.89. The molecule has 2 aliphatic rings. The highest BCUT2D eigenvalue weighted by atomic mass is 32.2. The van der Waals surface area contributed by atoms with Crippen molar-refractivity contribution in [1.29, 1.82) is 0 Å². The third-order valence-corrected chi connectivity index (χ3v) is 13.4. The van der Waals surface area contributed by atoms with Crippen LogP contribution in [-0.4, -0.2) is 152 Å². The van der Waals surface area contributed by atoms with Crippen LogP contribution in [0, 0.1) is 0 Å². The lowest BCUT2D eigenvalue weighted by Gasteiger charge is -2.34. The van der Waals surface area contributed by atoms with E-state index in [0.29, 0.717) is 41.0 Å². The number of anilines is 2. The molecule has 0 saturated carbocycles. The summed E-state index contributed by atoms with van der Waals surface area (Å²) < 4.78 is 9.33. The van der Waals surface area contributed by atoms with Crippen molar-refractivity contribution >= 4 is 80.9 Å². The predicted octanol–water partition coefficient (Wildman–Crippen LogP) is 1.30. The Hall–Kier alpha value is -6.06. The summed E-state index contributed by atoms with van der Waals surface area (Å²) in [6.07, 6.45) is 16.4. The van der Waals surface area contributed by atoms with Gasteiger partial charge in [0.1, 0.15) is 40.1 Å². The maximum Gasteiger partial charge on any atom is 0.280 e. The number of rotatable bonds is 19. The van der Waals surface area contributed by atoms with Crippen LogP contribution in [0.5, 0.6) is 5.88 Å². The number of H-pyrrole nitrogens is 3. The Balaban J connectivity index is 0.000000190. The molecule has 6 aromatic rings. The van der Waals surface area contributed by atoms with Crippen molar-refractivity contribution in [3.63, 3.8) is 0 Å². The molecule has 2 fully saturated rings. The van der Waals surface area contributed by atoms with Gasteiger partial charge in [-0.05, 0) is 59.6 Å². The molecule has 68 heavy (non-hydrogen) atoms. The highest BCUT2D eigenvalue weighted by molar-refractivity contribution is 7.99. The van der Waals surface area contributed by atoms with Crippen LogP contribution in [0.2, 0.25) is 0 Å². The molecule has 2 aliphatic heterocycles. The lowest BCUT2D eigenvalue weighted by Crippen LogP contribution is -2.53. The zero-order valence-electron chi connectivity index (χ0n) is 39.1. The van der Waals surface area contributed by atoms with Gasteiger partial charge in [0.05, 0.1) is 49.5 Å². The van der Waals surface area contributed by atoms with Gasteiger partial charge >= 0.3 is 0 Å². The first kappa shape index (κ1) is 51.3. The Labute approximate surface area is 400 Å². The molecule has 0 bridgehead atoms. The molecule has 2 unspecified atom stereocenters. The summed E-state index contributed by atoms with van der Waals surface area (Å²) in [7, 11) is 3.57. The number of ketones is 4. The first-order valence-electron chi connectivity index (χ1n) is 21.9. The van der Waals surface area contributed by atoms with Crippen molar-refractivity contribution in [2.75, 3.05) is 36.8 Å². The molecule has 0 aromatic carbocycles. The maximum absolute atomic E-state index is 12.5. The third-order valence-electron chi connectivity index (χ3n) is 11.5. The zero-order chi connectivity index (χ0) is 49.1. The number of aryl methyl sites for hydroxylation is 2. The second kappa shape index (κ2) is 23.8. The van der Waals surface area contributed by atoms with E-state index in [1.165, 1.54) is 18.1 Å². The van der Waals surface area contributed by atoms with E-state index in [9.17, 15) is 24.0 Å². The van der Waals surface area contributed by atoms with Crippen LogP contribution in [0.15, 0.2) is 42.5 Å². The van der Waals surface area contributed by atoms with Crippen molar-refractivity contribution < 1.29 is 23.9 Å². The Bertz CT molecular complexity index is 2690. The molecule has 6 atom stereocenters. The topological polar surface area (TPSA) is 325 Å². The number of imidazole rings is 4. The standard InChI is InChI=1S/C21H29N9O3S.C15H24N4O2S.C6H7N5O/c1-12(31)15(7-14-8-23-9-24-14)26-21(30-6-4-5-16(30)13(2)32)34-11-33-19-17-18(27-20(22)28-19)29(3)10-25-17;1-10(20)13(7-12-8-16-9-17-12)18-15(22-3)19-6-4-5-14(19)11(2)21;1-11-2-8-3-4(11)9-6(7)10-5(3)12/h8-10,15-16,21,26H,4-7,11H2,1-3H3,(H,23,24)(H2,22,27,28);8-9,13-15,18H,4-7H2,1-3H3,(H,16,17);2H,1H3,(H3,7,9,10,12)/t15-,16-,21?;13-,14-,15?;/m00./s1. The summed E-state index contributed by atoms with van der Waals surface area (Å²) in [4.78, 5) is 101. The van der Waals surface area contributed by atoms with Crippen molar-refractivity contribution in [3.8, 4) is 5.88 Å². The van der Waals surface area contributed by atoms with E-state index in [2.05, 4.69) is 70.3 Å². The van der Waals surface area contributed by atoms with Gasteiger partial charge in [-0.25, -0.2) is 19.9 Å². The van der Waals surface area contributed by atoms with Crippen LogP contribution >= 0.6 is 23.5 Å². The number of carbonyl (C=O) groups excluding carboxylic acids is 4. The lowest BCUT2D eigenvalue weighted by molar-refractivity contribution is -0.123. The molecule has 8 heterocycles. The number of hydrogen-bond donors (Lipinski definition) is 7. The Kier molecular flexibility index (Phi) is 18.0. The van der Waals surface area contributed by atoms with Crippen LogP contribution in [0.25, 0.3) is 22.3 Å². The van der Waals surface area contributed by atoms with Crippen LogP contribution in [-0.2, 0) is 46.1 Å². The minimum Gasteiger partial charge on any atom is -0.465 e. The number of aromatic amines is 3. The fourth-order valence-electron chi connectivity index (χ4n) is 8.05. The van der Waals surface area contributed by atoms with Crippen molar-refractivity contribution in [2.45, 2.75) is 101 Å². The first-order chi connectivity index (χ1) is 32.5. The molecule has 0 radical (unpaired) electrons. The zero-order valence-corrected chi connectivity index (χ0v) is 40.8. The fraction of sp³-hybridized carbons (Fsp3) is 0.524. The highest BCUT2D eigenvalue weighted by Crippen LogP contribution is 2.29. The molecule has 6 aromatic heterocycles. The molecule has 8 rings (SSSR count). The van der Waals surface area contributed by atoms with Crippen molar-refractivity contribution in [2.24, 2.45) is 14.1 Å². The minimum absolute atomic E-state index is 0.00143. The van der Waals surface area contributed by atoms with Crippen molar-refractivity contribution in [1.82, 2.24) is 79.4 Å². The van der Waals surface area contributed by atoms with Crippen LogP contribution in [0.4, 0.5) is 11.9 Å². The Morgan fingerprint density at radius 2 is 1.29 bits per heavy atom. The molecule has 9 N–H and O–H groups in total. The second-order valence-corrected chi connectivity index (χ2v) is 18.4. The van der Waals surface area contributed by atoms with Gasteiger partial charge in [-0.15, -0.1) is 11.8 Å². The summed E-state index contributed by atoms with van der Waals surface area (Å²) in [6, 6.07) is -0.985. The Morgan fingerprint density at radius 3 is 1.79 bits per heavy atom. The van der Waals surface area contributed by atoms with Gasteiger partial charge < -0.3 is 35.3 Å². The monoisotopic (exact) mass is 976 g/mol. The number of hydrogen-bond acceptors (Lipinski definition) is 21. The van der Waals surface area contributed by atoms with Gasteiger partial charge in [0, 0.05) is 63.8 Å². The van der Waals surface area contributed by atoms with E-state index in [0.717, 1.165) is 50.2 Å². The van der Waals surface area contributed by atoms with Crippen LogP contribution in [0.1, 0.15) is 64.8 Å². The highest BCUT2D eigenvalue weighted by Gasteiger charge is 2.37. The number of thioether (sulfide) groups is 2. The molecule has 0 amide bonds. The van der Waals surface area contributed by atoms with Crippen LogP contribution in [0.3, 0.4) is 0 Å². The summed E-state index contributed by atoms with van der Waals surface area (Å²) >= 11 is 3.07. The van der Waals surface area contributed by atoms with E-state index in [1.54, 1.807) is 87.0 Å². The van der Waals surface area contributed by atoms with Crippen molar-refractivity contribution in [3.05, 3.63) is 59.4 Å². The number of nitrogens with two attached hydrogens (primary N) is 2. The first-order valence-corrected chi connectivity index (χ1v) is 24.3. The second-order valence-electron chi connectivity index (χ2n) is 16.5. The summed E-state index contributed by atoms with van der Waals surface area (Å²) in [5.41, 5.74) is 14.2. The average Bonchev–Trinajstić information content (AvgIpc) is 4.16. The van der Waals surface area contributed by atoms with Gasteiger partial charge in [0.15, 0.2) is 22.3 Å². The van der Waals surface area contributed by atoms with Gasteiger partial charge in [0.25, 0.3) is 5.56 Å². The number of nitrogens with one attached hydrogen (secondary N) is 5. The summed E-state index contributed by atoms with van der Waals surface area (Å²) in [6.45, 7) is 8.03. The molecule has 0 spiro atoms. The summed E-state index contributed by atoms with van der Waals surface area (Å²) in [5, 5.41) is 6.85. The SMILES string of the molecule is CC(=O)[C@H](Cc1cnc[nH]1)NC(SCOc1nc(N)nc2c1ncn2C)N1CCC[C@H]1C(C)=O.CSC(N[C@@H](Cc1cnc[nH]1)C(C)=O)N1CCC[C@H]1C(C)=O.Cn1cnc2c(=O)[nH]c(N)nc21. The lowest BCUT2D eigenvalue weighted by atomic mass is 10.1. The number of aromatic nitrogens is 12. The number of nitrogens with zero attached hydrogens (tertiary/aromatic N) is 11. The number of likely N-dealkylation sites (tertiary alicyclic amines) is 2. The van der Waals surface area contributed by atoms with E-state index < -0.39 is 6.04 Å². The number of ether oxygens (including phenoxy) is 1. The summed E-state index contributed by atoms with van der Waals surface area (Å²) in [5.74, 6) is 1.10. The van der Waals surface area contributed by atoms with Crippen LogP contribution < -0.4 is 32.4 Å². The predicted molar refractivity (Wildman–Crippen MR) is 259 cm³/mol. The average molecular weight is 977 g/mol. The van der Waals surface area contributed by atoms with Gasteiger partial charge in [-0.1, -0.05) is 11.8 Å². The van der Waals surface area contributed by atoms with E-state index in [1.807, 2.05) is 13.3 Å². The number of carbonyl (C=O) groups is 4. The largest absolute Gasteiger partial charge is 0.465 e. The third kappa shape index (κ3) is 13.1. The minimum atomic E-state index is -0.455. The van der Waals surface area contributed by atoms with E-state index in [4.69, 9.17) is 16.2 Å². The molecule has 26 heteroatoms. The normalized spacial score (nSPS) is 18.0. The molecule has 2 saturated heterocycles. The maximum atomic E-state index is 12.5. The van der Waals surface area contributed by atoms with E-state index >= 15 is 0 Å². The van der Waals surface area contributed by atoms with Gasteiger partial charge in [0.2, 0.25) is 17.8 Å². The molecular weight excluding hydrogens is 917 g/mol. The van der Waals surface area contributed by atoms with E-state index in [-0.39, 0.29) is 75.6 Å².